The first-order chi connectivity index (χ1) is 4.59. The fourth-order valence-electron chi connectivity index (χ4n) is 0.446. The highest BCUT2D eigenvalue weighted by Gasteiger charge is 2.11. The lowest BCUT2D eigenvalue weighted by Gasteiger charge is -2.03. The maximum Gasteiger partial charge on any atom is 0.310 e. The van der Waals surface area contributed by atoms with Gasteiger partial charge in [-0.1, -0.05) is 5.57 Å². The van der Waals surface area contributed by atoms with Crippen LogP contribution in [0.5, 0.6) is 0 Å². The van der Waals surface area contributed by atoms with Crippen LogP contribution in [0.4, 0.5) is 0 Å². The van der Waals surface area contributed by atoms with E-state index in [2.05, 4.69) is 0 Å². The van der Waals surface area contributed by atoms with E-state index in [0.29, 0.717) is 11.9 Å². The zero-order valence-corrected chi connectivity index (χ0v) is 6.00. The Kier molecular flexibility index (Phi) is 3.39. The Morgan fingerprint density at radius 1 is 1.60 bits per heavy atom. The highest BCUT2D eigenvalue weighted by molar-refractivity contribution is 5.76. The summed E-state index contributed by atoms with van der Waals surface area (Å²) in [5, 5.41) is 8.42. The summed E-state index contributed by atoms with van der Waals surface area (Å²) >= 11 is 0. The van der Waals surface area contributed by atoms with Crippen LogP contribution in [0, 0.1) is 5.92 Å². The van der Waals surface area contributed by atoms with Gasteiger partial charge in [0.25, 0.3) is 0 Å². The Labute approximate surface area is 59.4 Å². The van der Waals surface area contributed by atoms with Crippen molar-refractivity contribution in [2.45, 2.75) is 13.8 Å². The van der Waals surface area contributed by atoms with Crippen molar-refractivity contribution in [1.82, 2.24) is 0 Å². The second kappa shape index (κ2) is 3.82. The van der Waals surface area contributed by atoms with E-state index in [1.54, 1.807) is 6.92 Å². The van der Waals surface area contributed by atoms with Crippen LogP contribution in [-0.2, 0) is 9.59 Å². The maximum absolute atomic E-state index is 10.3. The van der Waals surface area contributed by atoms with E-state index >= 15 is 0 Å². The lowest BCUT2D eigenvalue weighted by molar-refractivity contribution is -0.139. The summed E-state index contributed by atoms with van der Waals surface area (Å²) in [5.41, 5.74) is 0.572. The number of carbonyl (C=O) groups excluding carboxylic acids is 1. The van der Waals surface area contributed by atoms with Crippen molar-refractivity contribution in [2.75, 3.05) is 0 Å². The first kappa shape index (κ1) is 8.88. The summed E-state index contributed by atoms with van der Waals surface area (Å²) in [6.45, 7) is 3.16. The van der Waals surface area contributed by atoms with Gasteiger partial charge in [0, 0.05) is 0 Å². The molecule has 0 amide bonds. The van der Waals surface area contributed by atoms with Gasteiger partial charge < -0.3 is 5.11 Å². The quantitative estimate of drug-likeness (QED) is 0.469. The summed E-state index contributed by atoms with van der Waals surface area (Å²) in [6, 6.07) is 0. The third-order valence-electron chi connectivity index (χ3n) is 1.38. The minimum absolute atomic E-state index is 0.565. The number of aldehydes is 1. The molecular formula is C7H10O3. The third kappa shape index (κ3) is 2.44. The predicted molar refractivity (Wildman–Crippen MR) is 36.6 cm³/mol. The molecule has 3 heteroatoms. The molecule has 0 bridgehead atoms. The van der Waals surface area contributed by atoms with Gasteiger partial charge in [-0.05, 0) is 19.9 Å². The van der Waals surface area contributed by atoms with E-state index in [9.17, 15) is 9.59 Å². The third-order valence-corrected chi connectivity index (χ3v) is 1.38. The second-order valence-corrected chi connectivity index (χ2v) is 2.11. The summed E-state index contributed by atoms with van der Waals surface area (Å²) in [6.07, 6.45) is 1.85. The molecule has 0 fully saturated rings. The highest BCUT2D eigenvalue weighted by Crippen LogP contribution is 2.07. The van der Waals surface area contributed by atoms with E-state index in [1.165, 1.54) is 13.0 Å². The molecule has 0 aromatic rings. The van der Waals surface area contributed by atoms with Crippen molar-refractivity contribution >= 4 is 12.3 Å². The van der Waals surface area contributed by atoms with Crippen molar-refractivity contribution in [1.29, 1.82) is 0 Å². The van der Waals surface area contributed by atoms with Gasteiger partial charge in [-0.15, -0.1) is 0 Å². The Morgan fingerprint density at radius 3 is 2.40 bits per heavy atom. The molecule has 0 aliphatic carbocycles. The molecule has 0 rings (SSSR count). The number of allylic oxidation sites excluding steroid dienone is 1. The summed E-state index contributed by atoms with van der Waals surface area (Å²) in [7, 11) is 0. The molecule has 0 saturated heterocycles. The van der Waals surface area contributed by atoms with Crippen LogP contribution in [0.15, 0.2) is 11.6 Å². The Bertz CT molecular complexity index is 170. The van der Waals surface area contributed by atoms with E-state index in [1.807, 2.05) is 0 Å². The predicted octanol–water partition coefficient (Wildman–Crippen LogP) is 0.852. The van der Waals surface area contributed by atoms with Gasteiger partial charge in [0.1, 0.15) is 6.29 Å². The van der Waals surface area contributed by atoms with Gasteiger partial charge in [-0.2, -0.15) is 0 Å². The van der Waals surface area contributed by atoms with E-state index in [0.717, 1.165) is 0 Å². The van der Waals surface area contributed by atoms with Crippen LogP contribution >= 0.6 is 0 Å². The van der Waals surface area contributed by atoms with Crippen LogP contribution in [0.2, 0.25) is 0 Å². The average molecular weight is 142 g/mol. The van der Waals surface area contributed by atoms with Gasteiger partial charge in [-0.25, -0.2) is 0 Å². The first-order valence-electron chi connectivity index (χ1n) is 2.94. The number of carbonyl (C=O) groups is 2. The summed E-state index contributed by atoms with van der Waals surface area (Å²) in [5.74, 6) is -1.47. The van der Waals surface area contributed by atoms with Crippen molar-refractivity contribution < 1.29 is 14.7 Å². The van der Waals surface area contributed by atoms with Crippen LogP contribution in [-0.4, -0.2) is 17.4 Å². The number of carboxylic acid groups (broad SMARTS) is 1. The first-order valence-corrected chi connectivity index (χ1v) is 2.94. The Balaban J connectivity index is 4.19. The number of rotatable bonds is 3. The SMILES string of the molecule is C/C(=C\C=O)C(C)C(=O)O. The number of hydrogen-bond donors (Lipinski definition) is 1. The zero-order chi connectivity index (χ0) is 8.15. The molecule has 0 saturated carbocycles. The van der Waals surface area contributed by atoms with Crippen LogP contribution in [0.25, 0.3) is 0 Å². The lowest BCUT2D eigenvalue weighted by atomic mass is 10.0. The number of carboxylic acids is 1. The molecular weight excluding hydrogens is 132 g/mol. The van der Waals surface area contributed by atoms with Crippen molar-refractivity contribution in [3.63, 3.8) is 0 Å². The fourth-order valence-corrected chi connectivity index (χ4v) is 0.446. The average Bonchev–Trinajstić information content (AvgIpc) is 1.87. The number of hydrogen-bond acceptors (Lipinski definition) is 2. The molecule has 0 aliphatic rings. The molecule has 1 atom stereocenters. The summed E-state index contributed by atoms with van der Waals surface area (Å²) < 4.78 is 0. The standard InChI is InChI=1S/C7H10O3/c1-5(3-4-8)6(2)7(9)10/h3-4,6H,1-2H3,(H,9,10)/b5-3+. The van der Waals surface area contributed by atoms with Crippen LogP contribution in [0.1, 0.15) is 13.8 Å². The van der Waals surface area contributed by atoms with Crippen molar-refractivity contribution in [2.24, 2.45) is 5.92 Å². The molecule has 0 heterocycles. The van der Waals surface area contributed by atoms with Gasteiger partial charge in [0.15, 0.2) is 0 Å². The van der Waals surface area contributed by atoms with E-state index in [-0.39, 0.29) is 0 Å². The summed E-state index contributed by atoms with van der Waals surface area (Å²) in [4.78, 5) is 20.1. The smallest absolute Gasteiger partial charge is 0.310 e. The zero-order valence-electron chi connectivity index (χ0n) is 6.00. The molecule has 10 heavy (non-hydrogen) atoms. The monoisotopic (exact) mass is 142 g/mol. The molecule has 0 aliphatic heterocycles. The lowest BCUT2D eigenvalue weighted by Crippen LogP contribution is -2.10. The highest BCUT2D eigenvalue weighted by atomic mass is 16.4. The van der Waals surface area contributed by atoms with Crippen molar-refractivity contribution in [3.05, 3.63) is 11.6 Å². The molecule has 1 N–H and O–H groups in total. The second-order valence-electron chi connectivity index (χ2n) is 2.11. The van der Waals surface area contributed by atoms with E-state index < -0.39 is 11.9 Å². The molecule has 0 spiro atoms. The maximum atomic E-state index is 10.3. The van der Waals surface area contributed by atoms with Gasteiger partial charge in [0.2, 0.25) is 0 Å². The molecule has 1 unspecified atom stereocenters. The largest absolute Gasteiger partial charge is 0.481 e. The topological polar surface area (TPSA) is 54.4 Å². The number of aliphatic carboxylic acids is 1. The normalized spacial score (nSPS) is 14.4. The van der Waals surface area contributed by atoms with Crippen LogP contribution < -0.4 is 0 Å². The minimum atomic E-state index is -0.907. The molecule has 0 aromatic heterocycles. The van der Waals surface area contributed by atoms with Gasteiger partial charge in [-0.3, -0.25) is 9.59 Å². The minimum Gasteiger partial charge on any atom is -0.481 e. The Morgan fingerprint density at radius 2 is 2.10 bits per heavy atom. The van der Waals surface area contributed by atoms with Gasteiger partial charge >= 0.3 is 5.97 Å². The molecule has 56 valence electrons. The molecule has 0 aromatic carbocycles. The molecule has 3 nitrogen and oxygen atoms in total. The van der Waals surface area contributed by atoms with Crippen LogP contribution in [0.3, 0.4) is 0 Å². The van der Waals surface area contributed by atoms with Crippen molar-refractivity contribution in [3.8, 4) is 0 Å². The molecule has 0 radical (unpaired) electrons. The Hall–Kier alpha value is -1.12. The van der Waals surface area contributed by atoms with E-state index in [4.69, 9.17) is 5.11 Å². The fraction of sp³-hybridized carbons (Fsp3) is 0.429. The van der Waals surface area contributed by atoms with Gasteiger partial charge in [0.05, 0.1) is 5.92 Å².